The Labute approximate surface area is 102 Å². The molecule has 0 N–H and O–H groups in total. The summed E-state index contributed by atoms with van der Waals surface area (Å²) in [6.45, 7) is 9.03. The van der Waals surface area contributed by atoms with Gasteiger partial charge in [0.05, 0.1) is 18.4 Å². The Hall–Kier alpha value is -1.23. The molecule has 0 saturated carbocycles. The van der Waals surface area contributed by atoms with Crippen molar-refractivity contribution >= 4 is 0 Å². The third kappa shape index (κ3) is 3.93. The maximum absolute atomic E-state index is 10.2. The van der Waals surface area contributed by atoms with Crippen LogP contribution >= 0.6 is 0 Å². The van der Waals surface area contributed by atoms with Crippen LogP contribution in [0.1, 0.15) is 39.2 Å². The maximum Gasteiger partial charge on any atom is 0.139 e. The van der Waals surface area contributed by atoms with Crippen LogP contribution in [0.3, 0.4) is 0 Å². The molecule has 0 spiro atoms. The van der Waals surface area contributed by atoms with Gasteiger partial charge in [0, 0.05) is 13.2 Å². The first-order chi connectivity index (χ1) is 7.84. The molecule has 5 heteroatoms. The van der Waals surface area contributed by atoms with Gasteiger partial charge in [-0.25, -0.2) is 4.98 Å². The fraction of sp³-hybridized carbons (Fsp3) is 0.750. The molecule has 1 heterocycles. The molecule has 0 aliphatic heterocycles. The van der Waals surface area contributed by atoms with Crippen molar-refractivity contribution in [3.05, 3.63) is 22.6 Å². The van der Waals surface area contributed by atoms with Crippen LogP contribution in [0, 0.1) is 10.3 Å². The molecule has 0 saturated heterocycles. The van der Waals surface area contributed by atoms with Gasteiger partial charge in [-0.1, -0.05) is 25.9 Å². The minimum atomic E-state index is 0.103. The van der Waals surface area contributed by atoms with Gasteiger partial charge >= 0.3 is 0 Å². The van der Waals surface area contributed by atoms with E-state index in [4.69, 9.17) is 4.74 Å². The molecule has 96 valence electrons. The van der Waals surface area contributed by atoms with Gasteiger partial charge in [0.15, 0.2) is 0 Å². The smallest absolute Gasteiger partial charge is 0.139 e. The lowest BCUT2D eigenvalue weighted by Gasteiger charge is -2.26. The first kappa shape index (κ1) is 13.8. The van der Waals surface area contributed by atoms with Gasteiger partial charge < -0.3 is 9.30 Å². The number of aryl methyl sites for hydroxylation is 1. The van der Waals surface area contributed by atoms with Gasteiger partial charge in [0.25, 0.3) is 0 Å². The summed E-state index contributed by atoms with van der Waals surface area (Å²) in [4.78, 5) is 14.5. The predicted molar refractivity (Wildman–Crippen MR) is 66.4 cm³/mol. The van der Waals surface area contributed by atoms with E-state index in [0.29, 0.717) is 12.4 Å². The van der Waals surface area contributed by atoms with Crippen LogP contribution in [0.4, 0.5) is 0 Å². The number of imidazole rings is 1. The van der Waals surface area contributed by atoms with E-state index in [1.165, 1.54) is 0 Å². The second kappa shape index (κ2) is 5.40. The highest BCUT2D eigenvalue weighted by Gasteiger charge is 2.20. The van der Waals surface area contributed by atoms with Crippen molar-refractivity contribution in [3.63, 3.8) is 0 Å². The van der Waals surface area contributed by atoms with Crippen LogP contribution in [-0.4, -0.2) is 15.7 Å². The normalized spacial score (nSPS) is 13.7. The lowest BCUT2D eigenvalue weighted by molar-refractivity contribution is -0.0166. The third-order valence-corrected chi connectivity index (χ3v) is 2.93. The van der Waals surface area contributed by atoms with Crippen molar-refractivity contribution in [2.24, 2.45) is 17.6 Å². The largest absolute Gasteiger partial charge is 0.372 e. The Morgan fingerprint density at radius 2 is 2.18 bits per heavy atom. The molecule has 1 unspecified atom stereocenters. The minimum Gasteiger partial charge on any atom is -0.372 e. The predicted octanol–water partition coefficient (Wildman–Crippen LogP) is 2.64. The summed E-state index contributed by atoms with van der Waals surface area (Å²) in [5.74, 6) is 0.669. The molecular weight excluding hydrogens is 218 g/mol. The molecule has 0 bridgehead atoms. The van der Waals surface area contributed by atoms with E-state index in [-0.39, 0.29) is 18.1 Å². The van der Waals surface area contributed by atoms with Gasteiger partial charge in [-0.05, 0) is 12.3 Å². The van der Waals surface area contributed by atoms with Crippen LogP contribution in [0.5, 0.6) is 0 Å². The fourth-order valence-electron chi connectivity index (χ4n) is 1.31. The number of ether oxygens (including phenoxy) is 1. The van der Waals surface area contributed by atoms with E-state index in [2.05, 4.69) is 37.9 Å². The number of nitroso groups, excluding NO2 is 1. The quantitative estimate of drug-likeness (QED) is 0.742. The van der Waals surface area contributed by atoms with Crippen molar-refractivity contribution in [2.75, 3.05) is 0 Å². The third-order valence-electron chi connectivity index (χ3n) is 2.93. The number of aromatic nitrogens is 2. The van der Waals surface area contributed by atoms with Crippen LogP contribution in [0.25, 0.3) is 0 Å². The van der Waals surface area contributed by atoms with Gasteiger partial charge in [0.1, 0.15) is 12.4 Å². The van der Waals surface area contributed by atoms with Gasteiger partial charge in [0.2, 0.25) is 0 Å². The van der Waals surface area contributed by atoms with E-state index in [1.807, 2.05) is 17.8 Å². The Morgan fingerprint density at radius 3 is 2.71 bits per heavy atom. The van der Waals surface area contributed by atoms with E-state index < -0.39 is 0 Å². The zero-order valence-corrected chi connectivity index (χ0v) is 11.2. The van der Waals surface area contributed by atoms with Crippen LogP contribution in [0.15, 0.2) is 11.4 Å². The second-order valence-electron chi connectivity index (χ2n) is 5.37. The number of rotatable bonds is 5. The summed E-state index contributed by atoms with van der Waals surface area (Å²) in [6.07, 6.45) is 2.02. The molecule has 1 aromatic heterocycles. The Bertz CT molecular complexity index is 380. The molecule has 1 atom stereocenters. The molecule has 0 fully saturated rings. The molecule has 0 amide bonds. The summed E-state index contributed by atoms with van der Waals surface area (Å²) < 4.78 is 7.56. The van der Waals surface area contributed by atoms with Gasteiger partial charge in [-0.3, -0.25) is 0 Å². The summed E-state index contributed by atoms with van der Waals surface area (Å²) >= 11 is 0. The molecule has 17 heavy (non-hydrogen) atoms. The summed E-state index contributed by atoms with van der Waals surface area (Å²) in [6, 6.07) is 0. The zero-order valence-electron chi connectivity index (χ0n) is 11.2. The Kier molecular flexibility index (Phi) is 4.40. The van der Waals surface area contributed by atoms with Crippen LogP contribution in [0.2, 0.25) is 0 Å². The van der Waals surface area contributed by atoms with Crippen LogP contribution < -0.4 is 0 Å². The first-order valence-electron chi connectivity index (χ1n) is 5.76. The highest BCUT2D eigenvalue weighted by atomic mass is 16.5. The zero-order chi connectivity index (χ0) is 13.1. The van der Waals surface area contributed by atoms with Crippen molar-refractivity contribution in [3.8, 4) is 0 Å². The van der Waals surface area contributed by atoms with Gasteiger partial charge in [-0.2, -0.15) is 4.91 Å². The molecule has 0 aliphatic carbocycles. The van der Waals surface area contributed by atoms with E-state index in [1.54, 1.807) is 0 Å². The minimum absolute atomic E-state index is 0.103. The molecule has 0 aliphatic rings. The lowest BCUT2D eigenvalue weighted by Crippen LogP contribution is -2.25. The highest BCUT2D eigenvalue weighted by Crippen LogP contribution is 2.22. The number of hydrogen-bond acceptors (Lipinski definition) is 4. The molecule has 5 nitrogen and oxygen atoms in total. The maximum atomic E-state index is 10.2. The Balaban J connectivity index is 2.58. The molecule has 1 rings (SSSR count). The van der Waals surface area contributed by atoms with Crippen molar-refractivity contribution < 1.29 is 4.74 Å². The highest BCUT2D eigenvalue weighted by molar-refractivity contribution is 5.02. The summed E-state index contributed by atoms with van der Waals surface area (Å²) in [7, 11) is 1.85. The van der Waals surface area contributed by atoms with Crippen molar-refractivity contribution in [1.82, 2.24) is 9.55 Å². The SMILES string of the molecule is CC(OCc1cn(C)c(CN=O)n1)C(C)(C)C. The Morgan fingerprint density at radius 1 is 1.53 bits per heavy atom. The number of nitrogens with zero attached hydrogens (tertiary/aromatic N) is 3. The van der Waals surface area contributed by atoms with Crippen molar-refractivity contribution in [2.45, 2.75) is 47.0 Å². The number of hydrogen-bond donors (Lipinski definition) is 0. The van der Waals surface area contributed by atoms with E-state index >= 15 is 0 Å². The average Bonchev–Trinajstić information content (AvgIpc) is 2.55. The van der Waals surface area contributed by atoms with Gasteiger partial charge in [-0.15, -0.1) is 0 Å². The monoisotopic (exact) mass is 239 g/mol. The molecule has 0 aromatic carbocycles. The first-order valence-corrected chi connectivity index (χ1v) is 5.76. The molecular formula is C12H21N3O2. The molecule has 0 radical (unpaired) electrons. The average molecular weight is 239 g/mol. The second-order valence-corrected chi connectivity index (χ2v) is 5.37. The van der Waals surface area contributed by atoms with Crippen LogP contribution in [-0.2, 0) is 24.9 Å². The summed E-state index contributed by atoms with van der Waals surface area (Å²) in [5.41, 5.74) is 0.948. The molecule has 1 aromatic rings. The topological polar surface area (TPSA) is 56.5 Å². The van der Waals surface area contributed by atoms with E-state index in [9.17, 15) is 4.91 Å². The fourth-order valence-corrected chi connectivity index (χ4v) is 1.31. The van der Waals surface area contributed by atoms with Crippen molar-refractivity contribution in [1.29, 1.82) is 0 Å². The summed E-state index contributed by atoms with van der Waals surface area (Å²) in [5, 5.41) is 2.84. The lowest BCUT2D eigenvalue weighted by atomic mass is 9.90. The van der Waals surface area contributed by atoms with E-state index in [0.717, 1.165) is 5.69 Å². The standard InChI is InChI=1S/C12H21N3O2/c1-9(12(2,3)4)17-8-10-7-15(5)11(14-10)6-13-16/h7,9H,6,8H2,1-5H3.